The van der Waals surface area contributed by atoms with Crippen molar-refractivity contribution in [2.24, 2.45) is 5.92 Å². The molecule has 1 rings (SSSR count). The summed E-state index contributed by atoms with van der Waals surface area (Å²) in [5.41, 5.74) is 3.74. The van der Waals surface area contributed by atoms with Gasteiger partial charge in [0, 0.05) is 12.1 Å². The Kier molecular flexibility index (Phi) is 4.67. The Morgan fingerprint density at radius 1 is 0.882 bits per heavy atom. The molecule has 0 spiro atoms. The molecule has 0 atom stereocenters. The molecule has 17 heavy (non-hydrogen) atoms. The van der Waals surface area contributed by atoms with Gasteiger partial charge in [-0.15, -0.1) is 0 Å². The normalized spacial score (nSPS) is 11.9. The average Bonchev–Trinajstić information content (AvgIpc) is 2.14. The van der Waals surface area contributed by atoms with Crippen LogP contribution in [0.15, 0.2) is 0 Å². The third kappa shape index (κ3) is 3.52. The molecule has 0 saturated heterocycles. The molecule has 96 valence electrons. The molecule has 0 amide bonds. The van der Waals surface area contributed by atoms with Gasteiger partial charge in [0.05, 0.1) is 5.69 Å². The molecule has 0 radical (unpaired) electrons. The monoisotopic (exact) mass is 234 g/mol. The Labute approximate surface area is 106 Å². The van der Waals surface area contributed by atoms with Gasteiger partial charge in [-0.3, -0.25) is 0 Å². The second-order valence-corrected chi connectivity index (χ2v) is 5.93. The van der Waals surface area contributed by atoms with Crippen LogP contribution in [0.5, 0.6) is 0 Å². The smallest absolute Gasteiger partial charge is 0.129 e. The highest BCUT2D eigenvalue weighted by molar-refractivity contribution is 5.30. The number of rotatable bonds is 4. The minimum atomic E-state index is 0.472. The van der Waals surface area contributed by atoms with Crippen molar-refractivity contribution in [3.05, 3.63) is 22.8 Å². The summed E-state index contributed by atoms with van der Waals surface area (Å²) in [6.07, 6.45) is 0.971. The summed E-state index contributed by atoms with van der Waals surface area (Å²) in [5, 5.41) is 0. The Hall–Kier alpha value is -0.920. The first-order chi connectivity index (χ1) is 7.82. The van der Waals surface area contributed by atoms with E-state index >= 15 is 0 Å². The molecule has 1 aromatic heterocycles. The lowest BCUT2D eigenvalue weighted by Crippen LogP contribution is -2.12. The Bertz CT molecular complexity index is 379. The first kappa shape index (κ1) is 14.1. The lowest BCUT2D eigenvalue weighted by molar-refractivity contribution is 0.606. The van der Waals surface area contributed by atoms with Crippen molar-refractivity contribution >= 4 is 0 Å². The first-order valence-corrected chi connectivity index (χ1v) is 6.70. The highest BCUT2D eigenvalue weighted by Gasteiger charge is 2.17. The molecule has 0 unspecified atom stereocenters. The van der Waals surface area contributed by atoms with Gasteiger partial charge in [0.1, 0.15) is 5.82 Å². The van der Waals surface area contributed by atoms with Crippen LogP contribution in [0.25, 0.3) is 0 Å². The van der Waals surface area contributed by atoms with Crippen LogP contribution in [0.3, 0.4) is 0 Å². The molecule has 0 aromatic carbocycles. The van der Waals surface area contributed by atoms with Crippen LogP contribution in [0.1, 0.15) is 76.2 Å². The molecule has 1 heterocycles. The number of aromatic nitrogens is 2. The zero-order valence-electron chi connectivity index (χ0n) is 12.3. The van der Waals surface area contributed by atoms with Crippen molar-refractivity contribution in [2.45, 2.75) is 66.7 Å². The zero-order valence-corrected chi connectivity index (χ0v) is 12.3. The van der Waals surface area contributed by atoms with Gasteiger partial charge in [0.25, 0.3) is 0 Å². The van der Waals surface area contributed by atoms with Gasteiger partial charge >= 0.3 is 0 Å². The van der Waals surface area contributed by atoms with Crippen LogP contribution in [0.4, 0.5) is 0 Å². The van der Waals surface area contributed by atoms with Crippen LogP contribution in [0.2, 0.25) is 0 Å². The number of hydrogen-bond acceptors (Lipinski definition) is 2. The molecule has 2 nitrogen and oxygen atoms in total. The standard InChI is InChI=1S/C15H26N2/c1-9(2)8-13-16-12(7)14(10(3)4)15(17-13)11(5)6/h9-11H,8H2,1-7H3. The predicted molar refractivity (Wildman–Crippen MR) is 73.5 cm³/mol. The molecule has 0 aliphatic carbocycles. The number of nitrogens with zero attached hydrogens (tertiary/aromatic N) is 2. The molecule has 0 aliphatic rings. The van der Waals surface area contributed by atoms with Gasteiger partial charge in [-0.25, -0.2) is 9.97 Å². The van der Waals surface area contributed by atoms with E-state index in [0.29, 0.717) is 17.8 Å². The quantitative estimate of drug-likeness (QED) is 0.779. The minimum Gasteiger partial charge on any atom is -0.238 e. The minimum absolute atomic E-state index is 0.472. The maximum Gasteiger partial charge on any atom is 0.129 e. The summed E-state index contributed by atoms with van der Waals surface area (Å²) in [6, 6.07) is 0. The van der Waals surface area contributed by atoms with Crippen LogP contribution in [-0.2, 0) is 6.42 Å². The average molecular weight is 234 g/mol. The van der Waals surface area contributed by atoms with E-state index < -0.39 is 0 Å². The van der Waals surface area contributed by atoms with E-state index in [1.165, 1.54) is 11.3 Å². The van der Waals surface area contributed by atoms with E-state index in [4.69, 9.17) is 4.98 Å². The summed E-state index contributed by atoms with van der Waals surface area (Å²) >= 11 is 0. The van der Waals surface area contributed by atoms with Gasteiger partial charge in [0.2, 0.25) is 0 Å². The molecule has 0 fully saturated rings. The predicted octanol–water partition coefficient (Wildman–Crippen LogP) is 4.23. The van der Waals surface area contributed by atoms with Crippen LogP contribution >= 0.6 is 0 Å². The van der Waals surface area contributed by atoms with Crippen molar-refractivity contribution in [2.75, 3.05) is 0 Å². The van der Waals surface area contributed by atoms with Crippen molar-refractivity contribution in [1.29, 1.82) is 0 Å². The molecule has 0 N–H and O–H groups in total. The van der Waals surface area contributed by atoms with Crippen molar-refractivity contribution < 1.29 is 0 Å². The molecular weight excluding hydrogens is 208 g/mol. The topological polar surface area (TPSA) is 25.8 Å². The van der Waals surface area contributed by atoms with E-state index in [1.807, 2.05) is 0 Å². The molecular formula is C15H26N2. The summed E-state index contributed by atoms with van der Waals surface area (Å²) in [5.74, 6) is 2.59. The fraction of sp³-hybridized carbons (Fsp3) is 0.733. The highest BCUT2D eigenvalue weighted by Crippen LogP contribution is 2.27. The summed E-state index contributed by atoms with van der Waals surface area (Å²) in [6.45, 7) is 15.4. The third-order valence-corrected chi connectivity index (χ3v) is 2.93. The maximum absolute atomic E-state index is 4.78. The summed E-state index contributed by atoms with van der Waals surface area (Å²) in [7, 11) is 0. The van der Waals surface area contributed by atoms with Crippen LogP contribution in [-0.4, -0.2) is 9.97 Å². The third-order valence-electron chi connectivity index (χ3n) is 2.93. The fourth-order valence-electron chi connectivity index (χ4n) is 2.27. The van der Waals surface area contributed by atoms with Gasteiger partial charge in [-0.1, -0.05) is 41.5 Å². The zero-order chi connectivity index (χ0) is 13.2. The molecule has 0 aliphatic heterocycles. The number of hydrogen-bond donors (Lipinski definition) is 0. The fourth-order valence-corrected chi connectivity index (χ4v) is 2.27. The molecule has 2 heteroatoms. The van der Waals surface area contributed by atoms with Gasteiger partial charge in [0.15, 0.2) is 0 Å². The van der Waals surface area contributed by atoms with Gasteiger partial charge in [-0.2, -0.15) is 0 Å². The number of aryl methyl sites for hydroxylation is 1. The van der Waals surface area contributed by atoms with E-state index in [0.717, 1.165) is 17.9 Å². The van der Waals surface area contributed by atoms with Gasteiger partial charge < -0.3 is 0 Å². The highest BCUT2D eigenvalue weighted by atomic mass is 14.9. The Morgan fingerprint density at radius 3 is 1.88 bits per heavy atom. The van der Waals surface area contributed by atoms with Crippen molar-refractivity contribution in [1.82, 2.24) is 9.97 Å². The van der Waals surface area contributed by atoms with Crippen LogP contribution < -0.4 is 0 Å². The van der Waals surface area contributed by atoms with E-state index in [2.05, 4.69) is 53.5 Å². The lowest BCUT2D eigenvalue weighted by atomic mass is 9.93. The second-order valence-electron chi connectivity index (χ2n) is 5.93. The van der Waals surface area contributed by atoms with Crippen molar-refractivity contribution in [3.63, 3.8) is 0 Å². The summed E-state index contributed by atoms with van der Waals surface area (Å²) in [4.78, 5) is 9.45. The SMILES string of the molecule is Cc1nc(CC(C)C)nc(C(C)C)c1C(C)C. The molecule has 0 saturated carbocycles. The summed E-state index contributed by atoms with van der Waals surface area (Å²) < 4.78 is 0. The van der Waals surface area contributed by atoms with Crippen LogP contribution in [0, 0.1) is 12.8 Å². The first-order valence-electron chi connectivity index (χ1n) is 6.70. The molecule has 0 bridgehead atoms. The second kappa shape index (κ2) is 5.61. The van der Waals surface area contributed by atoms with E-state index in [1.54, 1.807) is 0 Å². The Balaban J connectivity index is 3.26. The molecule has 1 aromatic rings. The largest absolute Gasteiger partial charge is 0.238 e. The lowest BCUT2D eigenvalue weighted by Gasteiger charge is -2.18. The van der Waals surface area contributed by atoms with Gasteiger partial charge in [-0.05, 0) is 30.2 Å². The van der Waals surface area contributed by atoms with E-state index in [-0.39, 0.29) is 0 Å². The maximum atomic E-state index is 4.78. The Morgan fingerprint density at radius 2 is 1.47 bits per heavy atom. The van der Waals surface area contributed by atoms with Crippen molar-refractivity contribution in [3.8, 4) is 0 Å². The van der Waals surface area contributed by atoms with E-state index in [9.17, 15) is 0 Å².